The monoisotopic (exact) mass is 260 g/mol. The summed E-state index contributed by atoms with van der Waals surface area (Å²) in [5.74, 6) is 0.362. The van der Waals surface area contributed by atoms with Crippen LogP contribution < -0.4 is 0 Å². The van der Waals surface area contributed by atoms with Gasteiger partial charge in [-0.25, -0.2) is 4.79 Å². The van der Waals surface area contributed by atoms with Crippen LogP contribution in [0.5, 0.6) is 0 Å². The van der Waals surface area contributed by atoms with Gasteiger partial charge in [0.05, 0.1) is 11.4 Å². The first-order valence-corrected chi connectivity index (χ1v) is 6.69. The van der Waals surface area contributed by atoms with Gasteiger partial charge in [0.15, 0.2) is 0 Å². The molecule has 0 aliphatic heterocycles. The second-order valence-corrected chi connectivity index (χ2v) is 5.00. The molecule has 102 valence electrons. The predicted molar refractivity (Wildman–Crippen MR) is 73.5 cm³/mol. The minimum atomic E-state index is -0.219. The van der Waals surface area contributed by atoms with Crippen molar-refractivity contribution in [3.05, 3.63) is 35.4 Å². The summed E-state index contributed by atoms with van der Waals surface area (Å²) in [6.07, 6.45) is 5.07. The first kappa shape index (κ1) is 13.5. The van der Waals surface area contributed by atoms with E-state index in [1.807, 2.05) is 6.92 Å². The SMILES string of the molecule is CCCc1c(C(C)C)c(C)nn1C(=O)n1cccn1. The van der Waals surface area contributed by atoms with Gasteiger partial charge in [0.2, 0.25) is 0 Å². The molecule has 0 aliphatic rings. The third kappa shape index (κ3) is 2.45. The molecule has 0 amide bonds. The van der Waals surface area contributed by atoms with E-state index in [-0.39, 0.29) is 6.03 Å². The smallest absolute Gasteiger partial charge is 0.244 e. The molecule has 0 bridgehead atoms. The Hall–Kier alpha value is -1.91. The molecule has 2 heterocycles. The number of carbonyl (C=O) groups excluding carboxylic acids is 1. The van der Waals surface area contributed by atoms with E-state index in [1.54, 1.807) is 18.5 Å². The number of nitrogens with zero attached hydrogens (tertiary/aromatic N) is 4. The van der Waals surface area contributed by atoms with Crippen LogP contribution in [0.1, 0.15) is 50.1 Å². The number of aromatic nitrogens is 4. The zero-order valence-electron chi connectivity index (χ0n) is 11.9. The molecule has 19 heavy (non-hydrogen) atoms. The molecule has 0 aromatic carbocycles. The number of carbonyl (C=O) groups is 1. The van der Waals surface area contributed by atoms with Gasteiger partial charge >= 0.3 is 6.03 Å². The Morgan fingerprint density at radius 1 is 1.42 bits per heavy atom. The highest BCUT2D eigenvalue weighted by Gasteiger charge is 2.21. The van der Waals surface area contributed by atoms with Crippen LogP contribution in [0.4, 0.5) is 4.79 Å². The van der Waals surface area contributed by atoms with Gasteiger partial charge in [-0.1, -0.05) is 27.2 Å². The summed E-state index contributed by atoms with van der Waals surface area (Å²) in [6, 6.07) is 1.51. The summed E-state index contributed by atoms with van der Waals surface area (Å²) in [4.78, 5) is 12.4. The standard InChI is InChI=1S/C14H20N4O/c1-5-7-12-13(10(2)3)11(4)16-18(12)14(19)17-9-6-8-15-17/h6,8-10H,5,7H2,1-4H3. The Kier molecular flexibility index (Phi) is 3.83. The maximum Gasteiger partial charge on any atom is 0.369 e. The molecule has 0 unspecified atom stereocenters. The molecule has 0 saturated carbocycles. The van der Waals surface area contributed by atoms with E-state index in [0.717, 1.165) is 24.2 Å². The number of hydrogen-bond acceptors (Lipinski definition) is 3. The predicted octanol–water partition coefficient (Wildman–Crippen LogP) is 2.98. The normalized spacial score (nSPS) is 11.2. The van der Waals surface area contributed by atoms with E-state index in [0.29, 0.717) is 5.92 Å². The van der Waals surface area contributed by atoms with E-state index in [2.05, 4.69) is 31.0 Å². The maximum atomic E-state index is 12.4. The van der Waals surface area contributed by atoms with Crippen molar-refractivity contribution >= 4 is 6.03 Å². The topological polar surface area (TPSA) is 52.7 Å². The second-order valence-electron chi connectivity index (χ2n) is 5.00. The highest BCUT2D eigenvalue weighted by molar-refractivity contribution is 5.78. The summed E-state index contributed by atoms with van der Waals surface area (Å²) in [5.41, 5.74) is 3.12. The van der Waals surface area contributed by atoms with Gasteiger partial charge < -0.3 is 0 Å². The maximum absolute atomic E-state index is 12.4. The largest absolute Gasteiger partial charge is 0.369 e. The van der Waals surface area contributed by atoms with Crippen LogP contribution in [0, 0.1) is 6.92 Å². The first-order valence-electron chi connectivity index (χ1n) is 6.69. The molecule has 0 saturated heterocycles. The minimum absolute atomic E-state index is 0.219. The quantitative estimate of drug-likeness (QED) is 0.852. The number of rotatable bonds is 3. The van der Waals surface area contributed by atoms with Gasteiger partial charge in [0.1, 0.15) is 0 Å². The van der Waals surface area contributed by atoms with Crippen molar-refractivity contribution in [3.63, 3.8) is 0 Å². The zero-order valence-corrected chi connectivity index (χ0v) is 11.9. The Labute approximate surface area is 113 Å². The Morgan fingerprint density at radius 2 is 2.16 bits per heavy atom. The lowest BCUT2D eigenvalue weighted by Crippen LogP contribution is -2.23. The first-order chi connectivity index (χ1) is 9.06. The van der Waals surface area contributed by atoms with E-state index < -0.39 is 0 Å². The molecule has 5 heteroatoms. The van der Waals surface area contributed by atoms with Crippen LogP contribution in [-0.4, -0.2) is 25.6 Å². The summed E-state index contributed by atoms with van der Waals surface area (Å²) in [6.45, 7) is 8.33. The lowest BCUT2D eigenvalue weighted by molar-refractivity contribution is 0.237. The van der Waals surface area contributed by atoms with Crippen LogP contribution in [0.3, 0.4) is 0 Å². The molecule has 2 aromatic rings. The van der Waals surface area contributed by atoms with Crippen molar-refractivity contribution in [2.75, 3.05) is 0 Å². The van der Waals surface area contributed by atoms with Crippen molar-refractivity contribution in [3.8, 4) is 0 Å². The fraction of sp³-hybridized carbons (Fsp3) is 0.500. The van der Waals surface area contributed by atoms with Crippen molar-refractivity contribution in [2.45, 2.75) is 46.5 Å². The van der Waals surface area contributed by atoms with Gasteiger partial charge in [0, 0.05) is 12.4 Å². The van der Waals surface area contributed by atoms with E-state index in [4.69, 9.17) is 0 Å². The summed E-state index contributed by atoms with van der Waals surface area (Å²) in [5, 5.41) is 8.40. The minimum Gasteiger partial charge on any atom is -0.244 e. The highest BCUT2D eigenvalue weighted by Crippen LogP contribution is 2.24. The van der Waals surface area contributed by atoms with Crippen LogP contribution in [0.25, 0.3) is 0 Å². The molecule has 0 atom stereocenters. The Morgan fingerprint density at radius 3 is 2.68 bits per heavy atom. The fourth-order valence-corrected chi connectivity index (χ4v) is 2.45. The van der Waals surface area contributed by atoms with Crippen LogP contribution in [0.2, 0.25) is 0 Å². The number of hydrogen-bond donors (Lipinski definition) is 0. The number of aryl methyl sites for hydroxylation is 1. The van der Waals surface area contributed by atoms with Crippen LogP contribution in [-0.2, 0) is 6.42 Å². The van der Waals surface area contributed by atoms with E-state index >= 15 is 0 Å². The highest BCUT2D eigenvalue weighted by atomic mass is 16.2. The average Bonchev–Trinajstić information content (AvgIpc) is 2.96. The summed E-state index contributed by atoms with van der Waals surface area (Å²) in [7, 11) is 0. The average molecular weight is 260 g/mol. The molecule has 0 N–H and O–H groups in total. The molecule has 2 aromatic heterocycles. The Bertz CT molecular complexity index is 567. The van der Waals surface area contributed by atoms with Gasteiger partial charge in [0.25, 0.3) is 0 Å². The van der Waals surface area contributed by atoms with E-state index in [1.165, 1.54) is 14.9 Å². The zero-order chi connectivity index (χ0) is 14.0. The van der Waals surface area contributed by atoms with Crippen molar-refractivity contribution in [1.82, 2.24) is 19.6 Å². The molecule has 0 aliphatic carbocycles. The Balaban J connectivity index is 2.51. The van der Waals surface area contributed by atoms with E-state index in [9.17, 15) is 4.79 Å². The van der Waals surface area contributed by atoms with Gasteiger partial charge in [-0.3, -0.25) is 0 Å². The van der Waals surface area contributed by atoms with Crippen LogP contribution in [0.15, 0.2) is 18.5 Å². The lowest BCUT2D eigenvalue weighted by Gasteiger charge is -2.09. The van der Waals surface area contributed by atoms with Gasteiger partial charge in [-0.05, 0) is 30.9 Å². The fourth-order valence-electron chi connectivity index (χ4n) is 2.45. The molecule has 2 rings (SSSR count). The molecule has 0 spiro atoms. The van der Waals surface area contributed by atoms with Crippen molar-refractivity contribution < 1.29 is 4.79 Å². The third-order valence-electron chi connectivity index (χ3n) is 3.15. The molecule has 5 nitrogen and oxygen atoms in total. The summed E-state index contributed by atoms with van der Waals surface area (Å²) >= 11 is 0. The molecule has 0 fully saturated rings. The van der Waals surface area contributed by atoms with Gasteiger partial charge in [-0.15, -0.1) is 0 Å². The van der Waals surface area contributed by atoms with Gasteiger partial charge in [-0.2, -0.15) is 19.6 Å². The van der Waals surface area contributed by atoms with Crippen LogP contribution >= 0.6 is 0 Å². The van der Waals surface area contributed by atoms with Crippen molar-refractivity contribution in [1.29, 1.82) is 0 Å². The summed E-state index contributed by atoms with van der Waals surface area (Å²) < 4.78 is 2.82. The second kappa shape index (κ2) is 5.38. The third-order valence-corrected chi connectivity index (χ3v) is 3.15. The molecular weight excluding hydrogens is 240 g/mol. The molecular formula is C14H20N4O. The van der Waals surface area contributed by atoms with Crippen molar-refractivity contribution in [2.24, 2.45) is 0 Å². The lowest BCUT2D eigenvalue weighted by atomic mass is 9.99. The molecule has 0 radical (unpaired) electrons.